The molecule has 1 unspecified atom stereocenters. The van der Waals surface area contributed by atoms with Crippen LogP contribution in [0.25, 0.3) is 0 Å². The van der Waals surface area contributed by atoms with Crippen LogP contribution in [0.2, 0.25) is 0 Å². The Kier molecular flexibility index (Phi) is 5.71. The lowest BCUT2D eigenvalue weighted by Crippen LogP contribution is -1.98. The Labute approximate surface area is 144 Å². The molecule has 100 valence electrons. The van der Waals surface area contributed by atoms with Crippen LogP contribution in [0.15, 0.2) is 46.9 Å². The highest BCUT2D eigenvalue weighted by atomic mass is 127. The van der Waals surface area contributed by atoms with E-state index in [1.807, 2.05) is 19.1 Å². The van der Waals surface area contributed by atoms with Crippen LogP contribution < -0.4 is 4.74 Å². The second-order valence-electron chi connectivity index (χ2n) is 4.00. The van der Waals surface area contributed by atoms with Crippen molar-refractivity contribution < 1.29 is 4.74 Å². The van der Waals surface area contributed by atoms with Gasteiger partial charge in [0.2, 0.25) is 0 Å². The van der Waals surface area contributed by atoms with Gasteiger partial charge in [0, 0.05) is 8.04 Å². The van der Waals surface area contributed by atoms with Crippen LogP contribution in [0.3, 0.4) is 0 Å². The van der Waals surface area contributed by atoms with Crippen molar-refractivity contribution in [2.24, 2.45) is 0 Å². The molecule has 1 atom stereocenters. The van der Waals surface area contributed by atoms with Gasteiger partial charge in [0.15, 0.2) is 0 Å². The van der Waals surface area contributed by atoms with Crippen molar-refractivity contribution in [2.45, 2.75) is 11.8 Å². The molecule has 1 nitrogen and oxygen atoms in total. The molecule has 0 bridgehead atoms. The van der Waals surface area contributed by atoms with Crippen molar-refractivity contribution in [1.82, 2.24) is 0 Å². The van der Waals surface area contributed by atoms with Gasteiger partial charge in [-0.2, -0.15) is 0 Å². The molecule has 4 heteroatoms. The zero-order valence-corrected chi connectivity index (χ0v) is 15.7. The van der Waals surface area contributed by atoms with Gasteiger partial charge in [-0.1, -0.05) is 56.1 Å². The van der Waals surface area contributed by atoms with Crippen molar-refractivity contribution in [1.29, 1.82) is 0 Å². The molecule has 0 aliphatic carbocycles. The Balaban J connectivity index is 2.34. The van der Waals surface area contributed by atoms with Crippen molar-refractivity contribution in [2.75, 3.05) is 6.61 Å². The summed E-state index contributed by atoms with van der Waals surface area (Å²) >= 11 is 9.77. The Morgan fingerprint density at radius 1 is 1.16 bits per heavy atom. The molecule has 2 aromatic rings. The molecule has 0 amide bonds. The van der Waals surface area contributed by atoms with Gasteiger partial charge in [-0.05, 0) is 58.8 Å². The largest absolute Gasteiger partial charge is 0.494 e. The highest BCUT2D eigenvalue weighted by Crippen LogP contribution is 2.38. The maximum atomic E-state index is 5.50. The summed E-state index contributed by atoms with van der Waals surface area (Å²) in [7, 11) is 0. The lowest BCUT2D eigenvalue weighted by molar-refractivity contribution is 0.340. The molecule has 0 aromatic heterocycles. The molecule has 0 fully saturated rings. The first-order chi connectivity index (χ1) is 9.13. The number of rotatable bonds is 4. The first kappa shape index (κ1) is 15.3. The molecule has 0 aliphatic rings. The number of benzene rings is 2. The molecular formula is C15H13Br2IO. The molecule has 2 rings (SSSR count). The number of halogens is 3. The second-order valence-corrected chi connectivity index (χ2v) is 6.93. The number of hydrogen-bond donors (Lipinski definition) is 0. The summed E-state index contributed by atoms with van der Waals surface area (Å²) in [5.74, 6) is 0.889. The molecule has 0 heterocycles. The summed E-state index contributed by atoms with van der Waals surface area (Å²) < 4.78 is 7.81. The topological polar surface area (TPSA) is 9.23 Å². The molecule has 2 aromatic carbocycles. The first-order valence-corrected chi connectivity index (χ1v) is 8.73. The monoisotopic (exact) mass is 494 g/mol. The summed E-state index contributed by atoms with van der Waals surface area (Å²) in [5, 5.41) is 0. The van der Waals surface area contributed by atoms with E-state index in [9.17, 15) is 0 Å². The summed E-state index contributed by atoms with van der Waals surface area (Å²) in [4.78, 5) is 0.172. The first-order valence-electron chi connectivity index (χ1n) is 5.94. The Bertz CT molecular complexity index is 572. The van der Waals surface area contributed by atoms with Crippen LogP contribution in [0, 0.1) is 3.57 Å². The molecular weight excluding hydrogens is 483 g/mol. The van der Waals surface area contributed by atoms with E-state index in [-0.39, 0.29) is 4.83 Å². The van der Waals surface area contributed by atoms with Crippen LogP contribution >= 0.6 is 54.5 Å². The summed E-state index contributed by atoms with van der Waals surface area (Å²) in [5.41, 5.74) is 2.47. The van der Waals surface area contributed by atoms with E-state index in [2.05, 4.69) is 84.8 Å². The Hall–Kier alpha value is -0.0700. The normalized spacial score (nSPS) is 12.2. The fraction of sp³-hybridized carbons (Fsp3) is 0.200. The highest BCUT2D eigenvalue weighted by Gasteiger charge is 2.16. The van der Waals surface area contributed by atoms with Gasteiger partial charge in [-0.25, -0.2) is 0 Å². The van der Waals surface area contributed by atoms with E-state index in [0.29, 0.717) is 6.61 Å². The summed E-state index contributed by atoms with van der Waals surface area (Å²) in [6, 6.07) is 14.5. The fourth-order valence-corrected chi connectivity index (χ4v) is 4.64. The maximum Gasteiger partial charge on any atom is 0.120 e. The van der Waals surface area contributed by atoms with E-state index in [4.69, 9.17) is 4.74 Å². The predicted octanol–water partition coefficient (Wildman–Crippen LogP) is 5.94. The molecule has 0 N–H and O–H groups in total. The zero-order chi connectivity index (χ0) is 13.8. The van der Waals surface area contributed by atoms with E-state index < -0.39 is 0 Å². The van der Waals surface area contributed by atoms with E-state index in [1.54, 1.807) is 0 Å². The van der Waals surface area contributed by atoms with Crippen LogP contribution in [-0.4, -0.2) is 6.61 Å². The van der Waals surface area contributed by atoms with Crippen LogP contribution in [0.1, 0.15) is 22.9 Å². The van der Waals surface area contributed by atoms with Gasteiger partial charge in [0.05, 0.1) is 11.4 Å². The lowest BCUT2D eigenvalue weighted by atomic mass is 10.0. The van der Waals surface area contributed by atoms with Crippen LogP contribution in [0.4, 0.5) is 0 Å². The lowest BCUT2D eigenvalue weighted by Gasteiger charge is -2.15. The zero-order valence-electron chi connectivity index (χ0n) is 10.4. The molecule has 19 heavy (non-hydrogen) atoms. The minimum absolute atomic E-state index is 0.172. The Morgan fingerprint density at radius 2 is 1.89 bits per heavy atom. The minimum atomic E-state index is 0.172. The average Bonchev–Trinajstić information content (AvgIpc) is 2.39. The van der Waals surface area contributed by atoms with Gasteiger partial charge < -0.3 is 4.74 Å². The fourth-order valence-electron chi connectivity index (χ4n) is 1.82. The molecule has 0 radical (unpaired) electrons. The van der Waals surface area contributed by atoms with E-state index in [1.165, 1.54) is 14.7 Å². The van der Waals surface area contributed by atoms with Gasteiger partial charge >= 0.3 is 0 Å². The quantitative estimate of drug-likeness (QED) is 0.377. The van der Waals surface area contributed by atoms with Crippen molar-refractivity contribution in [3.8, 4) is 5.75 Å². The standard InChI is InChI=1S/C15H13Br2IO/c1-2-19-10-7-8-11(13(16)9-10)15(17)12-5-3-4-6-14(12)18/h3-9,15H,2H2,1H3. The molecule has 0 saturated heterocycles. The third-order valence-corrected chi connectivity index (χ3v) is 5.39. The molecule has 0 aliphatic heterocycles. The number of hydrogen-bond acceptors (Lipinski definition) is 1. The smallest absolute Gasteiger partial charge is 0.120 e. The molecule has 0 saturated carbocycles. The van der Waals surface area contributed by atoms with Gasteiger partial charge in [-0.15, -0.1) is 0 Å². The van der Waals surface area contributed by atoms with Crippen molar-refractivity contribution in [3.63, 3.8) is 0 Å². The molecule has 0 spiro atoms. The van der Waals surface area contributed by atoms with Crippen LogP contribution in [0.5, 0.6) is 5.75 Å². The number of alkyl halides is 1. The van der Waals surface area contributed by atoms with Crippen LogP contribution in [-0.2, 0) is 0 Å². The second kappa shape index (κ2) is 7.09. The summed E-state index contributed by atoms with van der Waals surface area (Å²) in [6.45, 7) is 2.67. The van der Waals surface area contributed by atoms with Gasteiger partial charge in [0.25, 0.3) is 0 Å². The third-order valence-electron chi connectivity index (χ3n) is 2.73. The number of ether oxygens (including phenoxy) is 1. The minimum Gasteiger partial charge on any atom is -0.494 e. The predicted molar refractivity (Wildman–Crippen MR) is 95.2 cm³/mol. The SMILES string of the molecule is CCOc1ccc(C(Br)c2ccccc2I)c(Br)c1. The maximum absolute atomic E-state index is 5.50. The van der Waals surface area contributed by atoms with Gasteiger partial charge in [-0.3, -0.25) is 0 Å². The highest BCUT2D eigenvalue weighted by molar-refractivity contribution is 14.1. The summed E-state index contributed by atoms with van der Waals surface area (Å²) in [6.07, 6.45) is 0. The third kappa shape index (κ3) is 3.73. The van der Waals surface area contributed by atoms with Crippen molar-refractivity contribution >= 4 is 54.5 Å². The van der Waals surface area contributed by atoms with Gasteiger partial charge in [0.1, 0.15) is 5.75 Å². The van der Waals surface area contributed by atoms with Crippen molar-refractivity contribution in [3.05, 3.63) is 61.6 Å². The Morgan fingerprint density at radius 3 is 2.53 bits per heavy atom. The average molecular weight is 496 g/mol. The van der Waals surface area contributed by atoms with E-state index in [0.717, 1.165) is 10.2 Å². The van der Waals surface area contributed by atoms with E-state index >= 15 is 0 Å².